The summed E-state index contributed by atoms with van der Waals surface area (Å²) in [5.74, 6) is 2.89. The predicted octanol–water partition coefficient (Wildman–Crippen LogP) is 3.31. The number of benzene rings is 2. The molecule has 0 unspecified atom stereocenters. The highest BCUT2D eigenvalue weighted by Gasteiger charge is 2.13. The number of ether oxygens (including phenoxy) is 4. The van der Waals surface area contributed by atoms with Crippen LogP contribution in [0.1, 0.15) is 12.5 Å². The van der Waals surface area contributed by atoms with Crippen molar-refractivity contribution in [2.24, 2.45) is 0 Å². The normalized spacial score (nSPS) is 11.8. The Balaban J connectivity index is 1.58. The first-order valence-electron chi connectivity index (χ1n) is 7.94. The summed E-state index contributed by atoms with van der Waals surface area (Å²) in [5.41, 5.74) is 1.88. The first-order valence-corrected chi connectivity index (χ1v) is 8.34. The Morgan fingerprint density at radius 3 is 2.76 bits per heavy atom. The van der Waals surface area contributed by atoms with Crippen molar-refractivity contribution >= 4 is 23.0 Å². The molecular formula is C18H20N2O4S. The summed E-state index contributed by atoms with van der Waals surface area (Å²) in [7, 11) is 1.63. The lowest BCUT2D eigenvalue weighted by atomic mass is 10.2. The van der Waals surface area contributed by atoms with Crippen LogP contribution in [-0.4, -0.2) is 25.6 Å². The number of hydrogen-bond acceptors (Lipinski definition) is 5. The monoisotopic (exact) mass is 360 g/mol. The maximum atomic E-state index is 5.59. The maximum absolute atomic E-state index is 5.59. The largest absolute Gasteiger partial charge is 0.493 e. The number of fused-ring (bicyclic) bond motifs is 1. The fraction of sp³-hybridized carbons (Fsp3) is 0.278. The van der Waals surface area contributed by atoms with E-state index in [1.165, 1.54) is 0 Å². The molecule has 0 saturated heterocycles. The van der Waals surface area contributed by atoms with Gasteiger partial charge in [-0.1, -0.05) is 6.07 Å². The lowest BCUT2D eigenvalue weighted by molar-refractivity contribution is 0.174. The van der Waals surface area contributed by atoms with E-state index in [2.05, 4.69) is 10.6 Å². The first-order chi connectivity index (χ1) is 12.2. The van der Waals surface area contributed by atoms with Crippen molar-refractivity contribution in [3.8, 4) is 23.0 Å². The van der Waals surface area contributed by atoms with Crippen molar-refractivity contribution in [2.75, 3.05) is 25.8 Å². The van der Waals surface area contributed by atoms with E-state index in [4.69, 9.17) is 31.2 Å². The lowest BCUT2D eigenvalue weighted by Crippen LogP contribution is -2.27. The van der Waals surface area contributed by atoms with Crippen molar-refractivity contribution in [1.29, 1.82) is 0 Å². The smallest absolute Gasteiger partial charge is 0.231 e. The second-order valence-corrected chi connectivity index (χ2v) is 5.70. The molecular weight excluding hydrogens is 340 g/mol. The van der Waals surface area contributed by atoms with Crippen LogP contribution in [0.25, 0.3) is 0 Å². The maximum Gasteiger partial charge on any atom is 0.231 e. The van der Waals surface area contributed by atoms with Gasteiger partial charge in [0.25, 0.3) is 0 Å². The van der Waals surface area contributed by atoms with E-state index >= 15 is 0 Å². The number of hydrogen-bond donors (Lipinski definition) is 2. The van der Waals surface area contributed by atoms with Crippen molar-refractivity contribution in [3.63, 3.8) is 0 Å². The molecule has 0 radical (unpaired) electrons. The zero-order valence-electron chi connectivity index (χ0n) is 14.1. The number of nitrogens with one attached hydrogen (secondary N) is 2. The van der Waals surface area contributed by atoms with E-state index in [0.29, 0.717) is 29.8 Å². The van der Waals surface area contributed by atoms with Crippen LogP contribution in [0.5, 0.6) is 23.0 Å². The fourth-order valence-electron chi connectivity index (χ4n) is 2.43. The van der Waals surface area contributed by atoms with Gasteiger partial charge in [0, 0.05) is 18.3 Å². The van der Waals surface area contributed by atoms with Gasteiger partial charge in [-0.15, -0.1) is 0 Å². The summed E-state index contributed by atoms with van der Waals surface area (Å²) in [5, 5.41) is 6.83. The highest BCUT2D eigenvalue weighted by atomic mass is 32.1. The van der Waals surface area contributed by atoms with Gasteiger partial charge in [-0.2, -0.15) is 0 Å². The summed E-state index contributed by atoms with van der Waals surface area (Å²) in [6.07, 6.45) is 0. The molecule has 132 valence electrons. The standard InChI is InChI=1S/C18H20N2O4S/c1-3-22-16-8-12(4-6-14(16)21-2)10-19-18(25)20-13-5-7-15-17(9-13)24-11-23-15/h4-9H,3,10-11H2,1-2H3,(H2,19,20,25). The van der Waals surface area contributed by atoms with Crippen LogP contribution in [0.3, 0.4) is 0 Å². The summed E-state index contributed by atoms with van der Waals surface area (Å²) in [6, 6.07) is 11.4. The van der Waals surface area contributed by atoms with Gasteiger partial charge in [0.05, 0.1) is 13.7 Å². The molecule has 0 saturated carbocycles. The molecule has 2 aromatic carbocycles. The van der Waals surface area contributed by atoms with Crippen LogP contribution < -0.4 is 29.6 Å². The Kier molecular flexibility index (Phi) is 5.45. The number of rotatable bonds is 6. The zero-order valence-corrected chi connectivity index (χ0v) is 14.9. The molecule has 25 heavy (non-hydrogen) atoms. The van der Waals surface area contributed by atoms with Gasteiger partial charge >= 0.3 is 0 Å². The molecule has 1 aliphatic rings. The van der Waals surface area contributed by atoms with E-state index in [9.17, 15) is 0 Å². The molecule has 3 rings (SSSR count). The second kappa shape index (κ2) is 7.94. The average Bonchev–Trinajstić information content (AvgIpc) is 3.08. The molecule has 2 aromatic rings. The van der Waals surface area contributed by atoms with Crippen LogP contribution in [-0.2, 0) is 6.54 Å². The molecule has 0 spiro atoms. The molecule has 0 fully saturated rings. The molecule has 6 nitrogen and oxygen atoms in total. The SMILES string of the molecule is CCOc1cc(CNC(=S)Nc2ccc3c(c2)OCO3)ccc1OC. The van der Waals surface area contributed by atoms with E-state index < -0.39 is 0 Å². The van der Waals surface area contributed by atoms with Gasteiger partial charge in [-0.3, -0.25) is 0 Å². The van der Waals surface area contributed by atoms with Crippen LogP contribution in [0.15, 0.2) is 36.4 Å². The third-order valence-corrected chi connectivity index (χ3v) is 3.86. The summed E-state index contributed by atoms with van der Waals surface area (Å²) >= 11 is 5.35. The molecule has 7 heteroatoms. The topological polar surface area (TPSA) is 61.0 Å². The van der Waals surface area contributed by atoms with Crippen molar-refractivity contribution in [2.45, 2.75) is 13.5 Å². The van der Waals surface area contributed by atoms with Crippen LogP contribution in [0, 0.1) is 0 Å². The van der Waals surface area contributed by atoms with Crippen molar-refractivity contribution in [3.05, 3.63) is 42.0 Å². The molecule has 0 amide bonds. The Labute approximate surface area is 152 Å². The predicted molar refractivity (Wildman–Crippen MR) is 99.8 cm³/mol. The van der Waals surface area contributed by atoms with Crippen LogP contribution in [0.4, 0.5) is 5.69 Å². The first kappa shape index (κ1) is 17.2. The minimum absolute atomic E-state index is 0.251. The van der Waals surface area contributed by atoms with Gasteiger partial charge in [0.15, 0.2) is 28.1 Å². The van der Waals surface area contributed by atoms with Crippen LogP contribution in [0.2, 0.25) is 0 Å². The summed E-state index contributed by atoms with van der Waals surface area (Å²) < 4.78 is 21.5. The molecule has 1 heterocycles. The highest BCUT2D eigenvalue weighted by molar-refractivity contribution is 7.80. The van der Waals surface area contributed by atoms with Crippen molar-refractivity contribution in [1.82, 2.24) is 5.32 Å². The van der Waals surface area contributed by atoms with Gasteiger partial charge in [0.1, 0.15) is 0 Å². The van der Waals surface area contributed by atoms with Crippen LogP contribution >= 0.6 is 12.2 Å². The number of methoxy groups -OCH3 is 1. The number of thiocarbonyl (C=S) groups is 1. The molecule has 0 aromatic heterocycles. The molecule has 1 aliphatic heterocycles. The second-order valence-electron chi connectivity index (χ2n) is 5.29. The Morgan fingerprint density at radius 2 is 1.96 bits per heavy atom. The van der Waals surface area contributed by atoms with Crippen molar-refractivity contribution < 1.29 is 18.9 Å². The molecule has 0 aliphatic carbocycles. The van der Waals surface area contributed by atoms with Gasteiger partial charge in [0.2, 0.25) is 6.79 Å². The summed E-state index contributed by atoms with van der Waals surface area (Å²) in [4.78, 5) is 0. The molecule has 0 bridgehead atoms. The van der Waals surface area contributed by atoms with E-state index in [1.54, 1.807) is 7.11 Å². The third kappa shape index (κ3) is 4.24. The van der Waals surface area contributed by atoms with Gasteiger partial charge < -0.3 is 29.6 Å². The Bertz CT molecular complexity index is 767. The zero-order chi connectivity index (χ0) is 17.6. The molecule has 0 atom stereocenters. The third-order valence-electron chi connectivity index (χ3n) is 3.61. The number of anilines is 1. The average molecular weight is 360 g/mol. The summed E-state index contributed by atoms with van der Waals surface area (Å²) in [6.45, 7) is 3.34. The molecule has 2 N–H and O–H groups in total. The van der Waals surface area contributed by atoms with E-state index in [-0.39, 0.29) is 6.79 Å². The van der Waals surface area contributed by atoms with E-state index in [1.807, 2.05) is 43.3 Å². The van der Waals surface area contributed by atoms with Gasteiger partial charge in [-0.25, -0.2) is 0 Å². The fourth-order valence-corrected chi connectivity index (χ4v) is 2.62. The quantitative estimate of drug-likeness (QED) is 0.767. The van der Waals surface area contributed by atoms with Gasteiger partial charge in [-0.05, 0) is 49.0 Å². The lowest BCUT2D eigenvalue weighted by Gasteiger charge is -2.13. The highest BCUT2D eigenvalue weighted by Crippen LogP contribution is 2.34. The minimum atomic E-state index is 0.251. The Morgan fingerprint density at radius 1 is 1.12 bits per heavy atom. The Hall–Kier alpha value is -2.67. The minimum Gasteiger partial charge on any atom is -0.493 e. The van der Waals surface area contributed by atoms with E-state index in [0.717, 1.165) is 22.7 Å².